The van der Waals surface area contributed by atoms with Gasteiger partial charge in [0.1, 0.15) is 36.8 Å². The molecule has 0 saturated heterocycles. The average Bonchev–Trinajstić information content (AvgIpc) is 3.53. The van der Waals surface area contributed by atoms with Crippen LogP contribution in [0.3, 0.4) is 0 Å². The zero-order valence-corrected chi connectivity index (χ0v) is 38.0. The molecule has 3 aromatic carbocycles. The van der Waals surface area contributed by atoms with Crippen molar-refractivity contribution in [3.05, 3.63) is 82.4 Å². The number of aryl methyl sites for hydroxylation is 1. The first-order valence-electron chi connectivity index (χ1n) is 23.0. The molecule has 0 aliphatic carbocycles. The van der Waals surface area contributed by atoms with Gasteiger partial charge in [-0.2, -0.15) is 5.26 Å². The monoisotopic (exact) mass is 878 g/mol. The van der Waals surface area contributed by atoms with E-state index in [4.69, 9.17) is 26.7 Å². The number of rotatable bonds is 21. The van der Waals surface area contributed by atoms with Gasteiger partial charge in [-0.05, 0) is 91.7 Å². The van der Waals surface area contributed by atoms with E-state index in [0.717, 1.165) is 30.4 Å². The predicted octanol–water partition coefficient (Wildman–Crippen LogP) is 5.87. The molecule has 4 bridgehead atoms. The van der Waals surface area contributed by atoms with Gasteiger partial charge in [0, 0.05) is 62.0 Å². The lowest BCUT2D eigenvalue weighted by molar-refractivity contribution is -0.143. The summed E-state index contributed by atoms with van der Waals surface area (Å²) in [5.74, 6) is -2.05. The summed E-state index contributed by atoms with van der Waals surface area (Å²) >= 11 is 0. The molecule has 5 rings (SSSR count). The van der Waals surface area contributed by atoms with Crippen molar-refractivity contribution in [1.29, 1.82) is 5.26 Å². The van der Waals surface area contributed by atoms with Crippen LogP contribution in [0.25, 0.3) is 11.1 Å². The van der Waals surface area contributed by atoms with E-state index in [1.54, 1.807) is 42.2 Å². The van der Waals surface area contributed by atoms with Gasteiger partial charge < -0.3 is 41.8 Å². The fraction of sp³-hybridized carbons (Fsp3) is 0.520. The summed E-state index contributed by atoms with van der Waals surface area (Å²) < 4.78 is 12.3. The first kappa shape index (κ1) is 49.4. The van der Waals surface area contributed by atoms with E-state index in [2.05, 4.69) is 18.3 Å². The molecular formula is C50H67N7O7. The van der Waals surface area contributed by atoms with E-state index >= 15 is 4.79 Å². The zero-order chi connectivity index (χ0) is 46.3. The first-order valence-corrected chi connectivity index (χ1v) is 23.0. The summed E-state index contributed by atoms with van der Waals surface area (Å²) in [5.41, 5.74) is 22.7. The number of unbranched alkanes of at least 4 members (excludes halogenated alkanes) is 5. The number of carbonyl (C=O) groups excluding carboxylic acids is 5. The highest BCUT2D eigenvalue weighted by molar-refractivity contribution is 6.03. The number of nitriles is 1. The molecule has 5 atom stereocenters. The molecule has 14 heteroatoms. The van der Waals surface area contributed by atoms with Crippen LogP contribution >= 0.6 is 0 Å². The number of ether oxygens (including phenoxy) is 2. The van der Waals surface area contributed by atoms with Crippen LogP contribution in [0.1, 0.15) is 130 Å². The number of nitrogens with one attached hydrogen (secondary N) is 1. The lowest BCUT2D eigenvalue weighted by Crippen LogP contribution is -2.51. The second-order valence-corrected chi connectivity index (χ2v) is 17.1. The Morgan fingerprint density at radius 3 is 2.20 bits per heavy atom. The van der Waals surface area contributed by atoms with Crippen molar-refractivity contribution in [2.75, 3.05) is 39.9 Å². The van der Waals surface area contributed by atoms with Gasteiger partial charge >= 0.3 is 0 Å². The highest BCUT2D eigenvalue weighted by atomic mass is 16.5. The summed E-state index contributed by atoms with van der Waals surface area (Å²) in [7, 11) is 1.54. The van der Waals surface area contributed by atoms with Crippen LogP contribution in [0.5, 0.6) is 11.5 Å². The number of hydrogen-bond donors (Lipinski definition) is 4. The van der Waals surface area contributed by atoms with Crippen LogP contribution < -0.4 is 32.0 Å². The van der Waals surface area contributed by atoms with E-state index in [9.17, 15) is 24.4 Å². The molecule has 2 aliphatic rings. The van der Waals surface area contributed by atoms with Crippen LogP contribution in [0.15, 0.2) is 54.6 Å². The van der Waals surface area contributed by atoms with E-state index < -0.39 is 47.7 Å². The van der Waals surface area contributed by atoms with Crippen LogP contribution in [0, 0.1) is 17.2 Å². The largest absolute Gasteiger partial charge is 0.492 e. The Morgan fingerprint density at radius 2 is 1.53 bits per heavy atom. The number of nitrogens with two attached hydrogens (primary N) is 3. The Balaban J connectivity index is 1.57. The van der Waals surface area contributed by atoms with Crippen LogP contribution in [0.2, 0.25) is 0 Å². The smallest absolute Gasteiger partial charge is 0.255 e. The standard InChI is InChI=1S/C50H67N7O7/c1-5-6-7-8-9-10-12-34-14-17-37-38(28-34)33(3)57(49(37)61)42(20-22-52)50(62)56(4)47-36-16-19-46(64-26-24-54)40(31-36)39-29-35(15-18-45(39)63-25-23-53)30-41(43(58)13-11-21-51)55-48(60)32(2)27-44(47)59/h14-19,28-29,31-33,41-42,47H,5-13,20,22-27,30,52-54H2,1-4H3,(H,55,60)/t32-,33?,41+,42+,47+/m1/s1. The molecular weight excluding hydrogens is 811 g/mol. The number of Topliss-reactive ketones (excluding diaryl/α,β-unsaturated/α-hetero) is 2. The second kappa shape index (κ2) is 23.9. The molecule has 2 aliphatic heterocycles. The number of carbonyl (C=O) groups is 5. The van der Waals surface area contributed by atoms with E-state index in [0.29, 0.717) is 39.3 Å². The lowest BCUT2D eigenvalue weighted by Gasteiger charge is -2.37. The van der Waals surface area contributed by atoms with Gasteiger partial charge in [-0.1, -0.05) is 70.2 Å². The molecule has 2 heterocycles. The highest BCUT2D eigenvalue weighted by Gasteiger charge is 2.44. The lowest BCUT2D eigenvalue weighted by atomic mass is 9.89. The first-order chi connectivity index (χ1) is 30.9. The van der Waals surface area contributed by atoms with Gasteiger partial charge in [-0.15, -0.1) is 0 Å². The Bertz CT molecular complexity index is 2170. The third kappa shape index (κ3) is 11.9. The topological polar surface area (TPSA) is 224 Å². The second-order valence-electron chi connectivity index (χ2n) is 17.1. The van der Waals surface area contributed by atoms with Crippen molar-refractivity contribution in [2.24, 2.45) is 23.1 Å². The highest BCUT2D eigenvalue weighted by Crippen LogP contribution is 2.42. The van der Waals surface area contributed by atoms with Gasteiger partial charge in [0.05, 0.1) is 18.2 Å². The van der Waals surface area contributed by atoms with E-state index in [-0.39, 0.29) is 76.6 Å². The molecule has 1 unspecified atom stereocenters. The Morgan fingerprint density at radius 1 is 0.859 bits per heavy atom. The number of fused-ring (bicyclic) bond motifs is 6. The average molecular weight is 878 g/mol. The molecule has 3 aromatic rings. The predicted molar refractivity (Wildman–Crippen MR) is 246 cm³/mol. The van der Waals surface area contributed by atoms with Gasteiger partial charge in [0.25, 0.3) is 5.91 Å². The van der Waals surface area contributed by atoms with Gasteiger partial charge in [0.2, 0.25) is 11.8 Å². The number of ketones is 2. The number of likely N-dealkylation sites (N-methyl/N-ethyl adjacent to an activating group) is 1. The number of nitrogens with zero attached hydrogens (tertiary/aromatic N) is 3. The van der Waals surface area contributed by atoms with Crippen molar-refractivity contribution in [3.63, 3.8) is 0 Å². The molecule has 7 N–H and O–H groups in total. The van der Waals surface area contributed by atoms with Crippen LogP contribution in [0.4, 0.5) is 0 Å². The summed E-state index contributed by atoms with van der Waals surface area (Å²) in [5, 5.41) is 12.1. The molecule has 0 fully saturated rings. The van der Waals surface area contributed by atoms with Crippen molar-refractivity contribution in [2.45, 2.75) is 122 Å². The Kier molecular flexibility index (Phi) is 18.4. The van der Waals surface area contributed by atoms with Crippen LogP contribution in [-0.4, -0.2) is 91.1 Å². The SMILES string of the molecule is CCCCCCCCc1ccc2c(c1)C(C)N([C@@H](CCN)C(=O)N(C)[C@@H]1C(=O)C[C@@H](C)C(=O)N[C@H](C(=O)CCC#N)Cc3ccc(OCCN)c(c3)-c3cc1ccc3OCCN)C2=O. The van der Waals surface area contributed by atoms with Crippen molar-refractivity contribution in [3.8, 4) is 28.7 Å². The van der Waals surface area contributed by atoms with E-state index in [1.165, 1.54) is 37.6 Å². The van der Waals surface area contributed by atoms with Crippen molar-refractivity contribution >= 4 is 29.3 Å². The summed E-state index contributed by atoms with van der Waals surface area (Å²) in [4.78, 5) is 74.5. The summed E-state index contributed by atoms with van der Waals surface area (Å²) in [6.07, 6.45) is 7.85. The number of amides is 3. The molecule has 0 spiro atoms. The number of benzene rings is 3. The maximum absolute atomic E-state index is 15.1. The molecule has 344 valence electrons. The van der Waals surface area contributed by atoms with Crippen molar-refractivity contribution < 1.29 is 33.4 Å². The van der Waals surface area contributed by atoms with E-state index in [1.807, 2.05) is 31.2 Å². The van der Waals surface area contributed by atoms with Crippen LogP contribution in [-0.2, 0) is 32.0 Å². The molecule has 3 amide bonds. The minimum atomic E-state index is -1.22. The van der Waals surface area contributed by atoms with Gasteiger partial charge in [-0.25, -0.2) is 0 Å². The van der Waals surface area contributed by atoms with Crippen molar-refractivity contribution in [1.82, 2.24) is 15.1 Å². The molecule has 0 radical (unpaired) electrons. The molecule has 14 nitrogen and oxygen atoms in total. The van der Waals surface area contributed by atoms with Gasteiger partial charge in [-0.3, -0.25) is 24.0 Å². The fourth-order valence-corrected chi connectivity index (χ4v) is 8.91. The fourth-order valence-electron chi connectivity index (χ4n) is 8.91. The summed E-state index contributed by atoms with van der Waals surface area (Å²) in [6, 6.07) is 14.9. The molecule has 64 heavy (non-hydrogen) atoms. The zero-order valence-electron chi connectivity index (χ0n) is 38.0. The Labute approximate surface area is 378 Å². The minimum Gasteiger partial charge on any atom is -0.492 e. The third-order valence-corrected chi connectivity index (χ3v) is 12.4. The van der Waals surface area contributed by atoms with Gasteiger partial charge in [0.15, 0.2) is 11.6 Å². The maximum Gasteiger partial charge on any atom is 0.255 e. The maximum atomic E-state index is 15.1. The quantitative estimate of drug-likeness (QED) is 0.0926. The summed E-state index contributed by atoms with van der Waals surface area (Å²) in [6.45, 7) is 6.65. The normalized spacial score (nSPS) is 19.0. The number of hydrogen-bond acceptors (Lipinski definition) is 11. The third-order valence-electron chi connectivity index (χ3n) is 12.4. The molecule has 0 saturated carbocycles. The minimum absolute atomic E-state index is 0.0215. The Hall–Kier alpha value is -5.62. The molecule has 0 aromatic heterocycles.